The predicted molar refractivity (Wildman–Crippen MR) is 66.3 cm³/mol. The number of aliphatic hydroxyl groups is 1. The highest BCUT2D eigenvalue weighted by atomic mass is 16.5. The minimum Gasteiger partial charge on any atom is -0.485 e. The maximum atomic E-state index is 10.4. The summed E-state index contributed by atoms with van der Waals surface area (Å²) in [4.78, 5) is 0. The van der Waals surface area contributed by atoms with Crippen molar-refractivity contribution in [2.45, 2.75) is 38.4 Å². The van der Waals surface area contributed by atoms with Gasteiger partial charge in [0.1, 0.15) is 11.4 Å². The number of rotatable bonds is 0. The number of fused-ring (bicyclic) bond motifs is 1. The lowest BCUT2D eigenvalue weighted by Gasteiger charge is -2.38. The zero-order chi connectivity index (χ0) is 12.0. The van der Waals surface area contributed by atoms with Crippen LogP contribution in [0.3, 0.4) is 0 Å². The monoisotopic (exact) mass is 233 g/mol. The van der Waals surface area contributed by atoms with Crippen LogP contribution in [0.25, 0.3) is 0 Å². The standard InChI is InChI=1S/C14H19NO2/c1-9-5-10(2)13-11(16)7-14(3-4-15-8-14)17-12(13)6-9/h5-6,11,15-16H,3-4,7-8H2,1-2H3. The van der Waals surface area contributed by atoms with E-state index in [1.807, 2.05) is 13.0 Å². The van der Waals surface area contributed by atoms with Crippen molar-refractivity contribution in [3.8, 4) is 5.75 Å². The minimum atomic E-state index is -0.390. The summed E-state index contributed by atoms with van der Waals surface area (Å²) in [6.45, 7) is 5.93. The van der Waals surface area contributed by atoms with Gasteiger partial charge in [-0.05, 0) is 37.6 Å². The maximum Gasteiger partial charge on any atom is 0.126 e. The molecule has 0 aliphatic carbocycles. The highest BCUT2D eigenvalue weighted by Gasteiger charge is 2.43. The van der Waals surface area contributed by atoms with Gasteiger partial charge in [0.05, 0.1) is 6.10 Å². The number of hydrogen-bond donors (Lipinski definition) is 2. The highest BCUT2D eigenvalue weighted by Crippen LogP contribution is 2.43. The molecule has 1 spiro atoms. The summed E-state index contributed by atoms with van der Waals surface area (Å²) in [5.74, 6) is 0.880. The minimum absolute atomic E-state index is 0.188. The number of benzene rings is 1. The van der Waals surface area contributed by atoms with Crippen molar-refractivity contribution in [2.24, 2.45) is 0 Å². The molecule has 0 aromatic heterocycles. The summed E-state index contributed by atoms with van der Waals surface area (Å²) < 4.78 is 6.19. The fourth-order valence-electron chi connectivity index (χ4n) is 3.16. The van der Waals surface area contributed by atoms with Crippen molar-refractivity contribution in [3.05, 3.63) is 28.8 Å². The van der Waals surface area contributed by atoms with Crippen molar-refractivity contribution >= 4 is 0 Å². The molecule has 3 heteroatoms. The Morgan fingerprint density at radius 2 is 2.24 bits per heavy atom. The molecule has 1 saturated heterocycles. The Kier molecular flexibility index (Phi) is 2.42. The van der Waals surface area contributed by atoms with E-state index >= 15 is 0 Å². The molecular formula is C14H19NO2. The van der Waals surface area contributed by atoms with Gasteiger partial charge in [-0.1, -0.05) is 6.07 Å². The third kappa shape index (κ3) is 1.74. The Hall–Kier alpha value is -1.06. The summed E-state index contributed by atoms with van der Waals surface area (Å²) in [5, 5.41) is 13.7. The molecule has 1 fully saturated rings. The van der Waals surface area contributed by atoms with Crippen LogP contribution >= 0.6 is 0 Å². The highest BCUT2D eigenvalue weighted by molar-refractivity contribution is 5.46. The molecule has 3 nitrogen and oxygen atoms in total. The molecule has 3 rings (SSSR count). The number of nitrogens with one attached hydrogen (secondary N) is 1. The molecule has 2 aliphatic rings. The second-order valence-electron chi connectivity index (χ2n) is 5.43. The van der Waals surface area contributed by atoms with Crippen LogP contribution in [0.15, 0.2) is 12.1 Å². The van der Waals surface area contributed by atoms with Gasteiger partial charge in [0, 0.05) is 24.9 Å². The van der Waals surface area contributed by atoms with Crippen molar-refractivity contribution < 1.29 is 9.84 Å². The summed E-state index contributed by atoms with van der Waals surface area (Å²) >= 11 is 0. The molecule has 0 bridgehead atoms. The predicted octanol–water partition coefficient (Wildman–Crippen LogP) is 1.85. The molecule has 2 heterocycles. The Bertz CT molecular complexity index is 450. The Labute approximate surface area is 102 Å². The van der Waals surface area contributed by atoms with E-state index in [4.69, 9.17) is 4.74 Å². The SMILES string of the molecule is Cc1cc(C)c2c(c1)OC1(CCNC1)CC2O. The zero-order valence-corrected chi connectivity index (χ0v) is 10.4. The Balaban J connectivity index is 2.05. The third-order valence-electron chi connectivity index (χ3n) is 3.92. The molecule has 1 aromatic rings. The second kappa shape index (κ2) is 3.72. The topological polar surface area (TPSA) is 41.5 Å². The fraction of sp³-hybridized carbons (Fsp3) is 0.571. The van der Waals surface area contributed by atoms with E-state index in [0.717, 1.165) is 36.4 Å². The van der Waals surface area contributed by atoms with Crippen LogP contribution in [0.5, 0.6) is 5.75 Å². The first-order chi connectivity index (χ1) is 8.10. The van der Waals surface area contributed by atoms with Gasteiger partial charge in [0.2, 0.25) is 0 Å². The molecule has 92 valence electrons. The lowest BCUT2D eigenvalue weighted by atomic mass is 9.86. The van der Waals surface area contributed by atoms with E-state index in [9.17, 15) is 5.11 Å². The van der Waals surface area contributed by atoms with Crippen LogP contribution in [-0.2, 0) is 0 Å². The van der Waals surface area contributed by atoms with Gasteiger partial charge in [-0.3, -0.25) is 0 Å². The van der Waals surface area contributed by atoms with Crippen molar-refractivity contribution in [1.29, 1.82) is 0 Å². The van der Waals surface area contributed by atoms with Gasteiger partial charge in [0.25, 0.3) is 0 Å². The van der Waals surface area contributed by atoms with E-state index in [0.29, 0.717) is 6.42 Å². The van der Waals surface area contributed by atoms with Gasteiger partial charge in [-0.15, -0.1) is 0 Å². The lowest BCUT2D eigenvalue weighted by molar-refractivity contribution is -0.000710. The van der Waals surface area contributed by atoms with Crippen LogP contribution in [0.2, 0.25) is 0 Å². The van der Waals surface area contributed by atoms with E-state index < -0.39 is 0 Å². The summed E-state index contributed by atoms with van der Waals surface area (Å²) in [7, 11) is 0. The van der Waals surface area contributed by atoms with E-state index in [2.05, 4.69) is 18.3 Å². The normalized spacial score (nSPS) is 31.4. The molecular weight excluding hydrogens is 214 g/mol. The number of ether oxygens (including phenoxy) is 1. The van der Waals surface area contributed by atoms with Crippen LogP contribution in [0.1, 0.15) is 35.6 Å². The number of aliphatic hydroxyl groups excluding tert-OH is 1. The van der Waals surface area contributed by atoms with Crippen LogP contribution in [0, 0.1) is 13.8 Å². The zero-order valence-electron chi connectivity index (χ0n) is 10.4. The Morgan fingerprint density at radius 3 is 2.94 bits per heavy atom. The largest absolute Gasteiger partial charge is 0.485 e. The van der Waals surface area contributed by atoms with E-state index in [1.165, 1.54) is 5.56 Å². The summed E-state index contributed by atoms with van der Waals surface area (Å²) in [6, 6.07) is 4.15. The third-order valence-corrected chi connectivity index (χ3v) is 3.92. The smallest absolute Gasteiger partial charge is 0.126 e. The number of hydrogen-bond acceptors (Lipinski definition) is 3. The summed E-state index contributed by atoms with van der Waals surface area (Å²) in [5.41, 5.74) is 3.12. The number of aryl methyl sites for hydroxylation is 2. The molecule has 2 N–H and O–H groups in total. The van der Waals surface area contributed by atoms with E-state index in [1.54, 1.807) is 0 Å². The van der Waals surface area contributed by atoms with E-state index in [-0.39, 0.29) is 11.7 Å². The van der Waals surface area contributed by atoms with Gasteiger partial charge < -0.3 is 15.2 Å². The molecule has 2 atom stereocenters. The molecule has 2 unspecified atom stereocenters. The first kappa shape index (κ1) is 11.1. The average molecular weight is 233 g/mol. The molecule has 0 amide bonds. The lowest BCUT2D eigenvalue weighted by Crippen LogP contribution is -2.43. The molecule has 0 radical (unpaired) electrons. The molecule has 0 saturated carbocycles. The second-order valence-corrected chi connectivity index (χ2v) is 5.43. The van der Waals surface area contributed by atoms with Crippen molar-refractivity contribution in [1.82, 2.24) is 5.32 Å². The van der Waals surface area contributed by atoms with Gasteiger partial charge >= 0.3 is 0 Å². The van der Waals surface area contributed by atoms with Gasteiger partial charge in [-0.25, -0.2) is 0 Å². The Morgan fingerprint density at radius 1 is 1.41 bits per heavy atom. The molecule has 17 heavy (non-hydrogen) atoms. The van der Waals surface area contributed by atoms with Crippen molar-refractivity contribution in [2.75, 3.05) is 13.1 Å². The fourth-order valence-corrected chi connectivity index (χ4v) is 3.16. The average Bonchev–Trinajstić information content (AvgIpc) is 2.63. The summed E-state index contributed by atoms with van der Waals surface area (Å²) in [6.07, 6.45) is 1.30. The maximum absolute atomic E-state index is 10.4. The quantitative estimate of drug-likeness (QED) is 0.718. The van der Waals surface area contributed by atoms with Gasteiger partial charge in [0.15, 0.2) is 0 Å². The molecule has 2 aliphatic heterocycles. The van der Waals surface area contributed by atoms with Crippen LogP contribution in [-0.4, -0.2) is 23.8 Å². The molecule has 1 aromatic carbocycles. The first-order valence-corrected chi connectivity index (χ1v) is 6.29. The van der Waals surface area contributed by atoms with Gasteiger partial charge in [-0.2, -0.15) is 0 Å². The first-order valence-electron chi connectivity index (χ1n) is 6.29. The van der Waals surface area contributed by atoms with Crippen LogP contribution < -0.4 is 10.1 Å². The van der Waals surface area contributed by atoms with Crippen LogP contribution in [0.4, 0.5) is 0 Å². The van der Waals surface area contributed by atoms with Crippen molar-refractivity contribution in [3.63, 3.8) is 0 Å².